The number of hydrogen-bond donors (Lipinski definition) is 3. The number of methoxy groups -OCH3 is 2. The van der Waals surface area contributed by atoms with Gasteiger partial charge in [-0.05, 0) is 17.7 Å². The van der Waals surface area contributed by atoms with Gasteiger partial charge < -0.3 is 25.0 Å². The summed E-state index contributed by atoms with van der Waals surface area (Å²) in [5, 5.41) is 5.48. The summed E-state index contributed by atoms with van der Waals surface area (Å²) in [5.41, 5.74) is 1.52. The molecular formula is C22H28N3O5+. The van der Waals surface area contributed by atoms with Gasteiger partial charge in [-0.25, -0.2) is 4.79 Å². The minimum atomic E-state index is -0.789. The molecule has 0 aliphatic rings. The molecule has 3 N–H and O–H groups in total. The number of benzene rings is 2. The third-order valence-electron chi connectivity index (χ3n) is 4.38. The Morgan fingerprint density at radius 3 is 2.33 bits per heavy atom. The Hall–Kier alpha value is -3.39. The number of ether oxygens (including phenoxy) is 2. The SMILES string of the molecule is COC(=O)[C@H](Cc1ccccc1)NC(=O)C[NH+](C)CC(=O)Nc1cccc(OC)c1. The second kappa shape index (κ2) is 11.6. The molecule has 0 fully saturated rings. The number of amides is 2. The second-order valence-electron chi connectivity index (χ2n) is 6.92. The molecule has 8 heteroatoms. The van der Waals surface area contributed by atoms with Gasteiger partial charge in [-0.1, -0.05) is 36.4 Å². The highest BCUT2D eigenvalue weighted by Crippen LogP contribution is 2.16. The predicted octanol–water partition coefficient (Wildman–Crippen LogP) is 0.0489. The van der Waals surface area contributed by atoms with Crippen molar-refractivity contribution in [3.8, 4) is 5.75 Å². The summed E-state index contributed by atoms with van der Waals surface area (Å²) in [6, 6.07) is 15.6. The van der Waals surface area contributed by atoms with Gasteiger partial charge in [0.05, 0.1) is 21.3 Å². The lowest BCUT2D eigenvalue weighted by molar-refractivity contribution is -0.862. The minimum Gasteiger partial charge on any atom is -0.497 e. The normalized spacial score (nSPS) is 12.4. The molecule has 0 spiro atoms. The van der Waals surface area contributed by atoms with Crippen molar-refractivity contribution >= 4 is 23.5 Å². The van der Waals surface area contributed by atoms with Crippen molar-refractivity contribution < 1.29 is 28.8 Å². The van der Waals surface area contributed by atoms with E-state index < -0.39 is 12.0 Å². The number of likely N-dealkylation sites (N-methyl/N-ethyl adjacent to an activating group) is 1. The van der Waals surface area contributed by atoms with Crippen LogP contribution < -0.4 is 20.3 Å². The predicted molar refractivity (Wildman–Crippen MR) is 112 cm³/mol. The maximum Gasteiger partial charge on any atom is 0.328 e. The summed E-state index contributed by atoms with van der Waals surface area (Å²) >= 11 is 0. The van der Waals surface area contributed by atoms with Gasteiger partial charge in [-0.15, -0.1) is 0 Å². The van der Waals surface area contributed by atoms with Crippen LogP contribution in [0.25, 0.3) is 0 Å². The fraction of sp³-hybridized carbons (Fsp3) is 0.318. The number of quaternary nitrogens is 1. The van der Waals surface area contributed by atoms with Crippen LogP contribution >= 0.6 is 0 Å². The average molecular weight is 414 g/mol. The molecule has 2 atom stereocenters. The largest absolute Gasteiger partial charge is 0.497 e. The van der Waals surface area contributed by atoms with Crippen molar-refractivity contribution in [1.82, 2.24) is 5.32 Å². The van der Waals surface area contributed by atoms with Crippen molar-refractivity contribution in [3.05, 3.63) is 60.2 Å². The number of nitrogens with one attached hydrogen (secondary N) is 3. The third-order valence-corrected chi connectivity index (χ3v) is 4.38. The number of rotatable bonds is 10. The minimum absolute atomic E-state index is 0.0355. The Kier molecular flexibility index (Phi) is 8.83. The van der Waals surface area contributed by atoms with Crippen molar-refractivity contribution in [2.75, 3.05) is 39.7 Å². The molecule has 1 unspecified atom stereocenters. The number of hydrogen-bond acceptors (Lipinski definition) is 5. The first kappa shape index (κ1) is 22.9. The first-order chi connectivity index (χ1) is 14.4. The molecule has 0 aliphatic heterocycles. The monoisotopic (exact) mass is 414 g/mol. The van der Waals surface area contributed by atoms with E-state index in [0.29, 0.717) is 22.8 Å². The number of carbonyl (C=O) groups excluding carboxylic acids is 3. The molecule has 0 aliphatic carbocycles. The van der Waals surface area contributed by atoms with Gasteiger partial charge in [0.2, 0.25) is 0 Å². The van der Waals surface area contributed by atoms with E-state index in [0.717, 1.165) is 5.56 Å². The van der Waals surface area contributed by atoms with E-state index in [1.54, 1.807) is 38.4 Å². The van der Waals surface area contributed by atoms with Gasteiger partial charge in [0.15, 0.2) is 13.1 Å². The zero-order valence-corrected chi connectivity index (χ0v) is 17.4. The smallest absolute Gasteiger partial charge is 0.328 e. The summed E-state index contributed by atoms with van der Waals surface area (Å²) in [4.78, 5) is 37.4. The molecule has 0 saturated carbocycles. The lowest BCUT2D eigenvalue weighted by Gasteiger charge is -2.18. The number of anilines is 1. The van der Waals surface area contributed by atoms with Gasteiger partial charge in [0, 0.05) is 18.2 Å². The Balaban J connectivity index is 1.86. The van der Waals surface area contributed by atoms with Crippen LogP contribution in [0.3, 0.4) is 0 Å². The highest BCUT2D eigenvalue weighted by Gasteiger charge is 2.24. The standard InChI is InChI=1S/C22H27N3O5/c1-25(14-20(26)23-17-10-7-11-18(13-17)29-2)15-21(27)24-19(22(28)30-3)12-16-8-5-4-6-9-16/h4-11,13,19H,12,14-15H2,1-3H3,(H,23,26)(H,24,27)/p+1/t19-/m0/s1. The lowest BCUT2D eigenvalue weighted by Crippen LogP contribution is -3.11. The van der Waals surface area contributed by atoms with Crippen molar-refractivity contribution in [1.29, 1.82) is 0 Å². The molecule has 0 aromatic heterocycles. The molecule has 0 bridgehead atoms. The summed E-state index contributed by atoms with van der Waals surface area (Å²) in [5.74, 6) is -0.448. The molecule has 0 saturated heterocycles. The van der Waals surface area contributed by atoms with Crippen LogP contribution in [0.4, 0.5) is 5.69 Å². The van der Waals surface area contributed by atoms with Crippen LogP contribution in [-0.4, -0.2) is 58.2 Å². The molecular weight excluding hydrogens is 386 g/mol. The third kappa shape index (κ3) is 7.56. The van der Waals surface area contributed by atoms with Crippen molar-refractivity contribution in [3.63, 3.8) is 0 Å². The van der Waals surface area contributed by atoms with Crippen molar-refractivity contribution in [2.45, 2.75) is 12.5 Å². The molecule has 2 aromatic rings. The fourth-order valence-corrected chi connectivity index (χ4v) is 2.95. The van der Waals surface area contributed by atoms with E-state index in [1.165, 1.54) is 7.11 Å². The van der Waals surface area contributed by atoms with Crippen LogP contribution in [0, 0.1) is 0 Å². The van der Waals surface area contributed by atoms with E-state index in [2.05, 4.69) is 10.6 Å². The number of carbonyl (C=O) groups is 3. The summed E-state index contributed by atoms with van der Waals surface area (Å²) in [6.45, 7) is 0.125. The molecule has 8 nitrogen and oxygen atoms in total. The van der Waals surface area contributed by atoms with Crippen LogP contribution in [0.5, 0.6) is 5.75 Å². The van der Waals surface area contributed by atoms with Crippen molar-refractivity contribution in [2.24, 2.45) is 0 Å². The summed E-state index contributed by atoms with van der Waals surface area (Å²) in [6.07, 6.45) is 0.328. The zero-order valence-electron chi connectivity index (χ0n) is 17.4. The first-order valence-corrected chi connectivity index (χ1v) is 9.57. The highest BCUT2D eigenvalue weighted by atomic mass is 16.5. The molecule has 0 radical (unpaired) electrons. The van der Waals surface area contributed by atoms with Crippen LogP contribution in [0.1, 0.15) is 5.56 Å². The van der Waals surface area contributed by atoms with Gasteiger partial charge in [-0.2, -0.15) is 0 Å². The highest BCUT2D eigenvalue weighted by molar-refractivity contribution is 5.92. The van der Waals surface area contributed by atoms with Crippen LogP contribution in [-0.2, 0) is 25.5 Å². The zero-order chi connectivity index (χ0) is 21.9. The topological polar surface area (TPSA) is 98.2 Å². The fourth-order valence-electron chi connectivity index (χ4n) is 2.95. The van der Waals surface area contributed by atoms with E-state index in [9.17, 15) is 14.4 Å². The van der Waals surface area contributed by atoms with E-state index in [1.807, 2.05) is 30.3 Å². The Bertz CT molecular complexity index is 857. The maximum absolute atomic E-state index is 12.4. The van der Waals surface area contributed by atoms with Gasteiger partial charge in [-0.3, -0.25) is 9.59 Å². The first-order valence-electron chi connectivity index (χ1n) is 9.57. The molecule has 160 valence electrons. The van der Waals surface area contributed by atoms with Gasteiger partial charge in [0.25, 0.3) is 11.8 Å². The lowest BCUT2D eigenvalue weighted by atomic mass is 10.1. The molecule has 2 rings (SSSR count). The van der Waals surface area contributed by atoms with E-state index in [-0.39, 0.29) is 24.9 Å². The molecule has 0 heterocycles. The molecule has 2 amide bonds. The second-order valence-corrected chi connectivity index (χ2v) is 6.92. The van der Waals surface area contributed by atoms with Gasteiger partial charge >= 0.3 is 5.97 Å². The molecule has 30 heavy (non-hydrogen) atoms. The summed E-state index contributed by atoms with van der Waals surface area (Å²) < 4.78 is 9.94. The number of esters is 1. The van der Waals surface area contributed by atoms with E-state index in [4.69, 9.17) is 9.47 Å². The quantitative estimate of drug-likeness (QED) is 0.477. The Morgan fingerprint density at radius 2 is 1.67 bits per heavy atom. The Morgan fingerprint density at radius 1 is 0.967 bits per heavy atom. The molecule has 2 aromatic carbocycles. The van der Waals surface area contributed by atoms with E-state index >= 15 is 0 Å². The van der Waals surface area contributed by atoms with Gasteiger partial charge in [0.1, 0.15) is 11.8 Å². The van der Waals surface area contributed by atoms with Crippen LogP contribution in [0.2, 0.25) is 0 Å². The average Bonchev–Trinajstić information content (AvgIpc) is 2.73. The summed E-state index contributed by atoms with van der Waals surface area (Å²) in [7, 11) is 4.57. The Labute approximate surface area is 176 Å². The van der Waals surface area contributed by atoms with Crippen LogP contribution in [0.15, 0.2) is 54.6 Å². The maximum atomic E-state index is 12.4.